The fraction of sp³-hybridized carbons (Fsp3) is 0.625. The number of nitrogens with one attached hydrogen (secondary N) is 3. The first-order chi connectivity index (χ1) is 26.1. The molecule has 0 radical (unpaired) electrons. The summed E-state index contributed by atoms with van der Waals surface area (Å²) < 4.78 is 0. The van der Waals surface area contributed by atoms with Crippen LogP contribution in [0.3, 0.4) is 0 Å². The number of fused-ring (bicyclic) bond motifs is 3. The molecule has 2 bridgehead atoms. The summed E-state index contributed by atoms with van der Waals surface area (Å²) in [6.07, 6.45) is 9.72. The van der Waals surface area contributed by atoms with Crippen molar-refractivity contribution in [3.63, 3.8) is 0 Å². The summed E-state index contributed by atoms with van der Waals surface area (Å²) in [7, 11) is 0. The predicted molar refractivity (Wildman–Crippen MR) is 215 cm³/mol. The lowest BCUT2D eigenvalue weighted by Gasteiger charge is -2.33. The molecule has 0 spiro atoms. The average Bonchev–Trinajstić information content (AvgIpc) is 3.63. The van der Waals surface area contributed by atoms with Crippen LogP contribution >= 0.6 is 11.8 Å². The highest BCUT2D eigenvalue weighted by molar-refractivity contribution is 7.98. The third kappa shape index (κ3) is 13.1. The smallest absolute Gasteiger partial charge is 0.244 e. The van der Waals surface area contributed by atoms with Crippen molar-refractivity contribution in [3.8, 4) is 0 Å². The first kappa shape index (κ1) is 43.3. The number of carbonyl (C=O) groups is 6. The van der Waals surface area contributed by atoms with Gasteiger partial charge in [-0.25, -0.2) is 0 Å². The second-order valence-corrected chi connectivity index (χ2v) is 17.1. The molecule has 2 fully saturated rings. The van der Waals surface area contributed by atoms with Gasteiger partial charge in [-0.3, -0.25) is 33.8 Å². The third-order valence-electron chi connectivity index (χ3n) is 10.8. The summed E-state index contributed by atoms with van der Waals surface area (Å²) in [6.45, 7) is 6.16. The molecule has 1 saturated heterocycles. The van der Waals surface area contributed by atoms with Gasteiger partial charge in [-0.05, 0) is 61.0 Å². The van der Waals surface area contributed by atoms with Crippen LogP contribution < -0.4 is 33.2 Å². The fourth-order valence-corrected chi connectivity index (χ4v) is 8.66. The Bertz CT molecular complexity index is 1600. The molecule has 14 nitrogen and oxygen atoms in total. The van der Waals surface area contributed by atoms with Crippen LogP contribution in [0.25, 0.3) is 6.08 Å². The highest BCUT2D eigenvalue weighted by Gasteiger charge is 2.40. The Labute approximate surface area is 329 Å². The largest absolute Gasteiger partial charge is 0.370 e. The minimum absolute atomic E-state index is 0.0983. The van der Waals surface area contributed by atoms with E-state index in [1.54, 1.807) is 4.90 Å². The SMILES string of the molecule is CC(C)(C)[C@H](CC(=O)[C@H](CCCN=C(N)N)NC(=O)[C@@H]1CSCc2cccc(c2)/C=C/CC(=O)N2CCC[C@H]2C(=O)NC(C2CCCCC2)C(=O)N1)C(N)=O. The summed E-state index contributed by atoms with van der Waals surface area (Å²) >= 11 is 1.45. The number of thioether (sulfide) groups is 1. The molecular weight excluding hydrogens is 721 g/mol. The molecule has 1 saturated carbocycles. The van der Waals surface area contributed by atoms with Crippen LogP contribution in [0, 0.1) is 17.3 Å². The maximum Gasteiger partial charge on any atom is 0.244 e. The first-order valence-electron chi connectivity index (χ1n) is 19.5. The Kier molecular flexibility index (Phi) is 16.1. The highest BCUT2D eigenvalue weighted by atomic mass is 32.2. The molecule has 9 N–H and O–H groups in total. The Morgan fingerprint density at radius 2 is 1.75 bits per heavy atom. The number of rotatable bonds is 11. The van der Waals surface area contributed by atoms with Crippen molar-refractivity contribution in [2.75, 3.05) is 18.8 Å². The van der Waals surface area contributed by atoms with Gasteiger partial charge in [0, 0.05) is 43.4 Å². The van der Waals surface area contributed by atoms with Gasteiger partial charge in [0.15, 0.2) is 11.7 Å². The zero-order chi connectivity index (χ0) is 40.1. The van der Waals surface area contributed by atoms with Gasteiger partial charge >= 0.3 is 0 Å². The van der Waals surface area contributed by atoms with E-state index in [0.29, 0.717) is 31.6 Å². The first-order valence-corrected chi connectivity index (χ1v) is 20.7. The fourth-order valence-electron chi connectivity index (χ4n) is 7.66. The number of ketones is 1. The molecule has 2 heterocycles. The quantitative estimate of drug-likeness (QED) is 0.110. The molecule has 1 aromatic carbocycles. The maximum atomic E-state index is 14.3. The number of primary amides is 1. The van der Waals surface area contributed by atoms with E-state index in [2.05, 4.69) is 20.9 Å². The molecule has 15 heteroatoms. The number of aliphatic imine (C=N–C) groups is 1. The molecule has 1 unspecified atom stereocenters. The molecule has 55 heavy (non-hydrogen) atoms. The number of Topliss-reactive ketones (excluding diaryl/α,β-unsaturated/α-hetero) is 1. The number of benzene rings is 1. The Balaban J connectivity index is 1.65. The Morgan fingerprint density at radius 3 is 2.44 bits per heavy atom. The zero-order valence-corrected chi connectivity index (χ0v) is 33.3. The number of hydrogen-bond acceptors (Lipinski definition) is 8. The van der Waals surface area contributed by atoms with Gasteiger partial charge in [0.25, 0.3) is 0 Å². The second-order valence-electron chi connectivity index (χ2n) is 16.1. The molecule has 1 aromatic rings. The molecule has 2 aliphatic heterocycles. The molecule has 4 rings (SSSR count). The Hall–Kier alpha value is -4.40. The molecule has 3 aliphatic rings. The maximum absolute atomic E-state index is 14.3. The van der Waals surface area contributed by atoms with E-state index in [-0.39, 0.29) is 61.0 Å². The van der Waals surface area contributed by atoms with Gasteiger partial charge in [0.1, 0.15) is 18.1 Å². The Morgan fingerprint density at radius 1 is 1.00 bits per heavy atom. The van der Waals surface area contributed by atoms with Gasteiger partial charge < -0.3 is 38.1 Å². The number of guanidine groups is 1. The van der Waals surface area contributed by atoms with Crippen molar-refractivity contribution in [3.05, 3.63) is 41.5 Å². The van der Waals surface area contributed by atoms with Gasteiger partial charge in [0.05, 0.1) is 6.04 Å². The third-order valence-corrected chi connectivity index (χ3v) is 11.9. The van der Waals surface area contributed by atoms with E-state index in [9.17, 15) is 28.8 Å². The molecule has 1 aliphatic carbocycles. The average molecular weight is 781 g/mol. The minimum Gasteiger partial charge on any atom is -0.370 e. The van der Waals surface area contributed by atoms with Gasteiger partial charge in [-0.15, -0.1) is 0 Å². The lowest BCUT2D eigenvalue weighted by atomic mass is 9.76. The summed E-state index contributed by atoms with van der Waals surface area (Å²) in [5, 5.41) is 8.85. The minimum atomic E-state index is -1.07. The van der Waals surface area contributed by atoms with Crippen LogP contribution in [-0.4, -0.2) is 89.2 Å². The molecule has 5 amide bonds. The normalized spacial score (nSPS) is 23.5. The van der Waals surface area contributed by atoms with Crippen molar-refractivity contribution >= 4 is 59.1 Å². The van der Waals surface area contributed by atoms with E-state index in [0.717, 1.165) is 43.2 Å². The van der Waals surface area contributed by atoms with Crippen LogP contribution in [0.2, 0.25) is 0 Å². The van der Waals surface area contributed by atoms with Crippen LogP contribution in [0.1, 0.15) is 103 Å². The van der Waals surface area contributed by atoms with Crippen molar-refractivity contribution < 1.29 is 28.8 Å². The van der Waals surface area contributed by atoms with Crippen LogP contribution in [-0.2, 0) is 34.5 Å². The van der Waals surface area contributed by atoms with Crippen molar-refractivity contribution in [1.82, 2.24) is 20.9 Å². The summed E-state index contributed by atoms with van der Waals surface area (Å²) in [6, 6.07) is 4.15. The number of nitrogens with zero attached hydrogens (tertiary/aromatic N) is 2. The van der Waals surface area contributed by atoms with Crippen molar-refractivity contribution in [2.24, 2.45) is 39.4 Å². The van der Waals surface area contributed by atoms with E-state index < -0.39 is 53.2 Å². The number of amides is 5. The summed E-state index contributed by atoms with van der Waals surface area (Å²) in [4.78, 5) is 87.6. The highest BCUT2D eigenvalue weighted by Crippen LogP contribution is 2.30. The van der Waals surface area contributed by atoms with E-state index >= 15 is 0 Å². The number of carbonyl (C=O) groups excluding carboxylic acids is 6. The standard InChI is InChI=1S/C40H60N8O6S/c1-40(2,3)28(35(41)51)22-32(49)29(16-9-19-44-39(42)43)45-36(52)30-24-55-23-26-13-7-11-25(21-26)12-8-18-33(50)48-20-10-17-31(48)37(53)47-34(38(54)46-30)27-14-5-4-6-15-27/h7-8,11-13,21,27-31,34H,4-6,9-10,14-20,22-24H2,1-3H3,(H2,41,51)(H,45,52)(H,46,54)(H,47,53)(H4,42,43,44)/b12-8+/t28-,29+,30+,31+,34?/m1/s1. The molecule has 5 atom stereocenters. The lowest BCUT2D eigenvalue weighted by molar-refractivity contribution is -0.140. The van der Waals surface area contributed by atoms with Gasteiger partial charge in [-0.1, -0.05) is 76.5 Å². The monoisotopic (exact) mass is 780 g/mol. The van der Waals surface area contributed by atoms with Gasteiger partial charge in [-0.2, -0.15) is 11.8 Å². The zero-order valence-electron chi connectivity index (χ0n) is 32.5. The molecule has 302 valence electrons. The van der Waals surface area contributed by atoms with Gasteiger partial charge in [0.2, 0.25) is 29.5 Å². The van der Waals surface area contributed by atoms with E-state index in [4.69, 9.17) is 17.2 Å². The second kappa shape index (κ2) is 20.5. The molecule has 0 aromatic heterocycles. The number of hydrogen-bond donors (Lipinski definition) is 6. The van der Waals surface area contributed by atoms with Crippen molar-refractivity contribution in [2.45, 2.75) is 121 Å². The van der Waals surface area contributed by atoms with Crippen LogP contribution in [0.5, 0.6) is 0 Å². The summed E-state index contributed by atoms with van der Waals surface area (Å²) in [5.41, 5.74) is 18.0. The van der Waals surface area contributed by atoms with E-state index in [1.165, 1.54) is 11.8 Å². The topological polar surface area (TPSA) is 232 Å². The van der Waals surface area contributed by atoms with Crippen LogP contribution in [0.4, 0.5) is 0 Å². The lowest BCUT2D eigenvalue weighted by Crippen LogP contribution is -2.60. The van der Waals surface area contributed by atoms with Crippen LogP contribution in [0.15, 0.2) is 35.3 Å². The summed E-state index contributed by atoms with van der Waals surface area (Å²) in [5.74, 6) is -2.89. The predicted octanol–water partition coefficient (Wildman–Crippen LogP) is 2.52. The van der Waals surface area contributed by atoms with E-state index in [1.807, 2.05) is 57.2 Å². The van der Waals surface area contributed by atoms with Crippen molar-refractivity contribution in [1.29, 1.82) is 0 Å². The number of nitrogens with two attached hydrogens (primary N) is 3. The molecular formula is C40H60N8O6S.